The molecule has 1 aromatic rings. The highest BCUT2D eigenvalue weighted by Gasteiger charge is 2.18. The minimum absolute atomic E-state index is 0.0430. The molecule has 2 amide bonds. The van der Waals surface area contributed by atoms with Crippen LogP contribution in [0.2, 0.25) is 5.02 Å². The molecule has 0 unspecified atom stereocenters. The SMILES string of the molecule is C/C(CC(=O)NC1CCCC1)=N\NC(=O)c1ccc([N+](=O)[O-])cc1Cl. The van der Waals surface area contributed by atoms with Gasteiger partial charge in [0.15, 0.2) is 0 Å². The first-order valence-electron chi connectivity index (χ1n) is 7.93. The predicted octanol–water partition coefficient (Wildman–Crippen LogP) is 2.80. The van der Waals surface area contributed by atoms with Crippen molar-refractivity contribution >= 4 is 34.8 Å². The maximum Gasteiger partial charge on any atom is 0.272 e. The van der Waals surface area contributed by atoms with Gasteiger partial charge in [0.1, 0.15) is 0 Å². The fourth-order valence-corrected chi connectivity index (χ4v) is 2.89. The van der Waals surface area contributed by atoms with Crippen LogP contribution in [0.1, 0.15) is 49.4 Å². The molecule has 134 valence electrons. The van der Waals surface area contributed by atoms with Crippen molar-refractivity contribution in [1.29, 1.82) is 0 Å². The summed E-state index contributed by atoms with van der Waals surface area (Å²) < 4.78 is 0. The molecule has 0 atom stereocenters. The van der Waals surface area contributed by atoms with Gasteiger partial charge in [-0.2, -0.15) is 5.10 Å². The van der Waals surface area contributed by atoms with Crippen molar-refractivity contribution in [2.45, 2.75) is 45.1 Å². The number of nitro benzene ring substituents is 1. The van der Waals surface area contributed by atoms with E-state index in [0.717, 1.165) is 31.7 Å². The van der Waals surface area contributed by atoms with Gasteiger partial charge in [0.2, 0.25) is 5.91 Å². The molecule has 1 aliphatic rings. The zero-order valence-corrected chi connectivity index (χ0v) is 14.5. The van der Waals surface area contributed by atoms with Crippen LogP contribution in [-0.4, -0.2) is 28.5 Å². The van der Waals surface area contributed by atoms with E-state index in [1.165, 1.54) is 12.1 Å². The van der Waals surface area contributed by atoms with Crippen molar-refractivity contribution in [2.75, 3.05) is 0 Å². The van der Waals surface area contributed by atoms with Crippen molar-refractivity contribution in [3.05, 3.63) is 38.9 Å². The number of hydrazone groups is 1. The number of rotatable bonds is 6. The topological polar surface area (TPSA) is 114 Å². The van der Waals surface area contributed by atoms with E-state index < -0.39 is 10.8 Å². The first-order chi connectivity index (χ1) is 11.9. The number of halogens is 1. The summed E-state index contributed by atoms with van der Waals surface area (Å²) in [5, 5.41) is 17.4. The number of hydrogen-bond donors (Lipinski definition) is 2. The van der Waals surface area contributed by atoms with Crippen LogP contribution in [0.25, 0.3) is 0 Å². The molecule has 0 aliphatic heterocycles. The molecule has 0 radical (unpaired) electrons. The van der Waals surface area contributed by atoms with E-state index in [9.17, 15) is 19.7 Å². The van der Waals surface area contributed by atoms with Crippen molar-refractivity contribution in [3.8, 4) is 0 Å². The molecular weight excluding hydrogens is 348 g/mol. The summed E-state index contributed by atoms with van der Waals surface area (Å²) in [6.45, 7) is 1.63. The Morgan fingerprint density at radius 1 is 1.36 bits per heavy atom. The van der Waals surface area contributed by atoms with Crippen LogP contribution in [0.3, 0.4) is 0 Å². The number of nitro groups is 1. The minimum atomic E-state index is -0.601. The molecule has 25 heavy (non-hydrogen) atoms. The van der Waals surface area contributed by atoms with E-state index in [2.05, 4.69) is 15.8 Å². The molecule has 2 N–H and O–H groups in total. The number of non-ortho nitro benzene ring substituents is 1. The van der Waals surface area contributed by atoms with Crippen LogP contribution >= 0.6 is 11.6 Å². The zero-order valence-electron chi connectivity index (χ0n) is 13.8. The van der Waals surface area contributed by atoms with Crippen LogP contribution in [0.4, 0.5) is 5.69 Å². The van der Waals surface area contributed by atoms with Crippen molar-refractivity contribution in [1.82, 2.24) is 10.7 Å². The Morgan fingerprint density at radius 3 is 2.64 bits per heavy atom. The highest BCUT2D eigenvalue weighted by molar-refractivity contribution is 6.34. The summed E-state index contributed by atoms with van der Waals surface area (Å²) in [6, 6.07) is 3.77. The van der Waals surface area contributed by atoms with Gasteiger partial charge in [0, 0.05) is 23.9 Å². The van der Waals surface area contributed by atoms with E-state index in [-0.39, 0.29) is 34.6 Å². The highest BCUT2D eigenvalue weighted by atomic mass is 35.5. The summed E-state index contributed by atoms with van der Waals surface area (Å²) >= 11 is 5.89. The Hall–Kier alpha value is -2.48. The largest absolute Gasteiger partial charge is 0.353 e. The Bertz CT molecular complexity index is 714. The molecule has 0 heterocycles. The van der Waals surface area contributed by atoms with Crippen LogP contribution in [0.15, 0.2) is 23.3 Å². The maximum absolute atomic E-state index is 12.0. The molecule has 9 heteroatoms. The first kappa shape index (κ1) is 18.9. The number of nitrogens with one attached hydrogen (secondary N) is 2. The first-order valence-corrected chi connectivity index (χ1v) is 8.31. The summed E-state index contributed by atoms with van der Waals surface area (Å²) in [7, 11) is 0. The number of hydrogen-bond acceptors (Lipinski definition) is 5. The lowest BCUT2D eigenvalue weighted by Crippen LogP contribution is -2.33. The quantitative estimate of drug-likeness (QED) is 0.457. The second kappa shape index (κ2) is 8.57. The van der Waals surface area contributed by atoms with Gasteiger partial charge < -0.3 is 5.32 Å². The molecule has 2 rings (SSSR count). The standard InChI is InChI=1S/C16H19ClN4O4/c1-10(8-15(22)18-11-4-2-3-5-11)19-20-16(23)13-7-6-12(21(24)25)9-14(13)17/h6-7,9,11H,2-5,8H2,1H3,(H,18,22)(H,20,23)/b19-10+. The van der Waals surface area contributed by atoms with Gasteiger partial charge >= 0.3 is 0 Å². The van der Waals surface area contributed by atoms with Crippen LogP contribution in [0.5, 0.6) is 0 Å². The van der Waals surface area contributed by atoms with E-state index in [0.29, 0.717) is 5.71 Å². The van der Waals surface area contributed by atoms with Crippen LogP contribution < -0.4 is 10.7 Å². The molecule has 1 aromatic carbocycles. The third-order valence-corrected chi connectivity index (χ3v) is 4.21. The Morgan fingerprint density at radius 2 is 2.04 bits per heavy atom. The summed E-state index contributed by atoms with van der Waals surface area (Å²) in [4.78, 5) is 34.0. The Labute approximate surface area is 149 Å². The van der Waals surface area contributed by atoms with Gasteiger partial charge in [0.05, 0.1) is 21.9 Å². The average Bonchev–Trinajstić information content (AvgIpc) is 3.05. The molecule has 1 saturated carbocycles. The molecule has 1 fully saturated rings. The van der Waals surface area contributed by atoms with E-state index in [1.54, 1.807) is 6.92 Å². The molecule has 0 bridgehead atoms. The predicted molar refractivity (Wildman–Crippen MR) is 93.7 cm³/mol. The van der Waals surface area contributed by atoms with E-state index >= 15 is 0 Å². The van der Waals surface area contributed by atoms with Crippen LogP contribution in [0, 0.1) is 10.1 Å². The molecule has 0 saturated heterocycles. The number of carbonyl (C=O) groups excluding carboxylic acids is 2. The minimum Gasteiger partial charge on any atom is -0.353 e. The lowest BCUT2D eigenvalue weighted by Gasteiger charge is -2.11. The third kappa shape index (κ3) is 5.53. The van der Waals surface area contributed by atoms with Gasteiger partial charge in [-0.3, -0.25) is 19.7 Å². The maximum atomic E-state index is 12.0. The molecule has 0 spiro atoms. The Balaban J connectivity index is 1.90. The second-order valence-corrected chi connectivity index (χ2v) is 6.34. The van der Waals surface area contributed by atoms with E-state index in [4.69, 9.17) is 11.6 Å². The Kier molecular flexibility index (Phi) is 6.46. The molecule has 0 aromatic heterocycles. The monoisotopic (exact) mass is 366 g/mol. The van der Waals surface area contributed by atoms with Crippen molar-refractivity contribution < 1.29 is 14.5 Å². The number of amides is 2. The van der Waals surface area contributed by atoms with Gasteiger partial charge in [-0.05, 0) is 25.8 Å². The molecule has 8 nitrogen and oxygen atoms in total. The highest BCUT2D eigenvalue weighted by Crippen LogP contribution is 2.22. The zero-order chi connectivity index (χ0) is 18.4. The smallest absolute Gasteiger partial charge is 0.272 e. The van der Waals surface area contributed by atoms with Crippen molar-refractivity contribution in [3.63, 3.8) is 0 Å². The fourth-order valence-electron chi connectivity index (χ4n) is 2.63. The molecular formula is C16H19ClN4O4. The normalized spacial score (nSPS) is 15.0. The van der Waals surface area contributed by atoms with Crippen LogP contribution in [-0.2, 0) is 4.79 Å². The van der Waals surface area contributed by atoms with E-state index in [1.807, 2.05) is 0 Å². The molecule has 1 aliphatic carbocycles. The van der Waals surface area contributed by atoms with Crippen molar-refractivity contribution in [2.24, 2.45) is 5.10 Å². The number of nitrogens with zero attached hydrogens (tertiary/aromatic N) is 2. The summed E-state index contributed by atoms with van der Waals surface area (Å²) in [6.07, 6.45) is 4.34. The average molecular weight is 367 g/mol. The van der Waals surface area contributed by atoms with Gasteiger partial charge in [-0.1, -0.05) is 24.4 Å². The summed E-state index contributed by atoms with van der Waals surface area (Å²) in [5.41, 5.74) is 2.61. The van der Waals surface area contributed by atoms with Gasteiger partial charge in [0.25, 0.3) is 11.6 Å². The lowest BCUT2D eigenvalue weighted by molar-refractivity contribution is -0.384. The fraction of sp³-hybridized carbons (Fsp3) is 0.438. The second-order valence-electron chi connectivity index (χ2n) is 5.93. The van der Waals surface area contributed by atoms with Gasteiger partial charge in [-0.25, -0.2) is 5.43 Å². The lowest BCUT2D eigenvalue weighted by atomic mass is 10.2. The number of carbonyl (C=O) groups is 2. The van der Waals surface area contributed by atoms with Gasteiger partial charge in [-0.15, -0.1) is 0 Å². The third-order valence-electron chi connectivity index (χ3n) is 3.89. The number of benzene rings is 1. The summed E-state index contributed by atoms with van der Waals surface area (Å²) in [5.74, 6) is -0.730.